The number of rotatable bonds is 8. The number of nitrogens with zero attached hydrogens (tertiary/aromatic N) is 5. The van der Waals surface area contributed by atoms with Gasteiger partial charge in [-0.25, -0.2) is 19.4 Å². The van der Waals surface area contributed by atoms with E-state index in [1.807, 2.05) is 32.3 Å². The van der Waals surface area contributed by atoms with Crippen LogP contribution in [-0.2, 0) is 6.54 Å². The van der Waals surface area contributed by atoms with Crippen molar-refractivity contribution in [1.29, 1.82) is 0 Å². The van der Waals surface area contributed by atoms with Crippen molar-refractivity contribution in [3.63, 3.8) is 0 Å². The van der Waals surface area contributed by atoms with Crippen LogP contribution in [0.2, 0.25) is 0 Å². The van der Waals surface area contributed by atoms with E-state index in [9.17, 15) is 9.90 Å². The summed E-state index contributed by atoms with van der Waals surface area (Å²) in [5.41, 5.74) is 6.25. The summed E-state index contributed by atoms with van der Waals surface area (Å²) in [6.07, 6.45) is 0.148. The van der Waals surface area contributed by atoms with Crippen LogP contribution in [0.15, 0.2) is 10.7 Å². The van der Waals surface area contributed by atoms with Gasteiger partial charge >= 0.3 is 6.09 Å². The number of aromatic nitrogens is 5. The molecule has 0 spiro atoms. The molecule has 3 rings (SSSR count). The van der Waals surface area contributed by atoms with Crippen LogP contribution in [0.5, 0.6) is 5.88 Å². The molecule has 3 aromatic rings. The summed E-state index contributed by atoms with van der Waals surface area (Å²) >= 11 is 0. The van der Waals surface area contributed by atoms with Crippen LogP contribution in [0, 0.1) is 17.3 Å². The van der Waals surface area contributed by atoms with Gasteiger partial charge in [-0.05, 0) is 55.3 Å². The maximum absolute atomic E-state index is 11.2. The van der Waals surface area contributed by atoms with Gasteiger partial charge < -0.3 is 30.6 Å². The number of anilines is 1. The Morgan fingerprint density at radius 3 is 2.56 bits per heavy atom. The lowest BCUT2D eigenvalue weighted by Gasteiger charge is -2.30. The highest BCUT2D eigenvalue weighted by molar-refractivity contribution is 5.86. The number of amides is 1. The first-order valence-electron chi connectivity index (χ1n) is 11.7. The van der Waals surface area contributed by atoms with Crippen molar-refractivity contribution >= 4 is 22.9 Å². The molecule has 12 nitrogen and oxygen atoms in total. The quantitative estimate of drug-likeness (QED) is 0.266. The van der Waals surface area contributed by atoms with E-state index in [4.69, 9.17) is 20.2 Å². The molecule has 0 radical (unpaired) electrons. The number of nitrogens with one attached hydrogen (secondary N) is 1. The summed E-state index contributed by atoms with van der Waals surface area (Å²) in [5, 5.41) is 29.4. The second-order valence-corrected chi connectivity index (χ2v) is 10.0. The molecule has 0 fully saturated rings. The zero-order chi connectivity index (χ0) is 26.7. The lowest BCUT2D eigenvalue weighted by molar-refractivity contribution is 0.143. The normalized spacial score (nSPS) is 12.8. The molecule has 0 aromatic carbocycles. The van der Waals surface area contributed by atoms with Gasteiger partial charge in [-0.3, -0.25) is 0 Å². The minimum atomic E-state index is -1.24. The third-order valence-electron chi connectivity index (χ3n) is 5.47. The Balaban J connectivity index is 1.94. The van der Waals surface area contributed by atoms with Crippen LogP contribution in [-0.4, -0.2) is 59.4 Å². The van der Waals surface area contributed by atoms with Gasteiger partial charge in [-0.15, -0.1) is 0 Å². The summed E-state index contributed by atoms with van der Waals surface area (Å²) in [7, 11) is 0. The van der Waals surface area contributed by atoms with Crippen LogP contribution in [0.25, 0.3) is 22.6 Å². The fraction of sp³-hybridized carbons (Fsp3) is 0.542. The van der Waals surface area contributed by atoms with E-state index in [-0.39, 0.29) is 17.3 Å². The lowest BCUT2D eigenvalue weighted by atomic mass is 9.84. The zero-order valence-electron chi connectivity index (χ0n) is 21.4. The predicted molar refractivity (Wildman–Crippen MR) is 133 cm³/mol. The standard InChI is InChI=1S/C24H33N7O5/c1-7-31-15-13-17(35-12-8-9-16(23(2,3)4)27-22(32)33)26-14(10-11-24(5,6)34)18(15)28-21(31)19-20(25)30-36-29-19/h13,16,27,34H,7-9,12H2,1-6H3,(H2,25,30)(H,32,33). The van der Waals surface area contributed by atoms with E-state index in [0.717, 1.165) is 0 Å². The topological polar surface area (TPSA) is 174 Å². The number of imidazole rings is 1. The molecule has 1 atom stereocenters. The number of aryl methyl sites for hydroxylation is 1. The molecule has 0 bridgehead atoms. The monoisotopic (exact) mass is 499 g/mol. The molecule has 194 valence electrons. The number of fused-ring (bicyclic) bond motifs is 1. The van der Waals surface area contributed by atoms with E-state index >= 15 is 0 Å². The Bertz CT molecular complexity index is 1290. The average molecular weight is 500 g/mol. The lowest BCUT2D eigenvalue weighted by Crippen LogP contribution is -2.43. The van der Waals surface area contributed by atoms with Crippen LogP contribution in [0.1, 0.15) is 60.1 Å². The van der Waals surface area contributed by atoms with Crippen molar-refractivity contribution in [3.05, 3.63) is 11.8 Å². The smallest absolute Gasteiger partial charge is 0.404 e. The molecule has 12 heteroatoms. The average Bonchev–Trinajstić information content (AvgIpc) is 3.35. The predicted octanol–water partition coefficient (Wildman–Crippen LogP) is 3.05. The van der Waals surface area contributed by atoms with Gasteiger partial charge in [0.2, 0.25) is 5.88 Å². The molecule has 1 amide bonds. The molecule has 1 unspecified atom stereocenters. The molecule has 0 aliphatic rings. The Kier molecular flexibility index (Phi) is 7.74. The highest BCUT2D eigenvalue weighted by Gasteiger charge is 2.26. The van der Waals surface area contributed by atoms with E-state index in [1.165, 1.54) is 0 Å². The van der Waals surface area contributed by atoms with Crippen LogP contribution in [0.4, 0.5) is 10.6 Å². The third kappa shape index (κ3) is 6.42. The summed E-state index contributed by atoms with van der Waals surface area (Å²) in [6.45, 7) is 11.9. The van der Waals surface area contributed by atoms with Gasteiger partial charge in [0.1, 0.15) is 16.8 Å². The first-order valence-corrected chi connectivity index (χ1v) is 11.7. The molecule has 0 saturated heterocycles. The van der Waals surface area contributed by atoms with Gasteiger partial charge in [-0.2, -0.15) is 0 Å². The summed E-state index contributed by atoms with van der Waals surface area (Å²) in [6, 6.07) is 1.53. The molecule has 36 heavy (non-hydrogen) atoms. The van der Waals surface area contributed by atoms with Gasteiger partial charge in [0.25, 0.3) is 0 Å². The van der Waals surface area contributed by atoms with Crippen LogP contribution < -0.4 is 15.8 Å². The molecule has 3 heterocycles. The second-order valence-electron chi connectivity index (χ2n) is 10.0. The highest BCUT2D eigenvalue weighted by atomic mass is 16.6. The van der Waals surface area contributed by atoms with Crippen molar-refractivity contribution in [3.8, 4) is 29.2 Å². The Morgan fingerprint density at radius 1 is 1.28 bits per heavy atom. The summed E-state index contributed by atoms with van der Waals surface area (Å²) < 4.78 is 12.6. The van der Waals surface area contributed by atoms with Crippen molar-refractivity contribution in [2.24, 2.45) is 5.41 Å². The van der Waals surface area contributed by atoms with E-state index in [2.05, 4.69) is 37.4 Å². The molecule has 3 aromatic heterocycles. The van der Waals surface area contributed by atoms with E-state index in [0.29, 0.717) is 60.1 Å². The maximum atomic E-state index is 11.2. The molecule has 0 saturated carbocycles. The first-order chi connectivity index (χ1) is 16.8. The fourth-order valence-electron chi connectivity index (χ4n) is 3.66. The van der Waals surface area contributed by atoms with Crippen LogP contribution in [0.3, 0.4) is 0 Å². The number of aliphatic hydroxyl groups is 1. The SMILES string of the molecule is CCn1c(-c2nonc2N)nc2c(C#CC(C)(C)O)nc(OCCCC(NC(=O)O)C(C)(C)C)cc21. The molecular formula is C24H33N7O5. The summed E-state index contributed by atoms with van der Waals surface area (Å²) in [5.74, 6) is 6.56. The van der Waals surface area contributed by atoms with Gasteiger partial charge in [-0.1, -0.05) is 26.7 Å². The van der Waals surface area contributed by atoms with Crippen LogP contribution >= 0.6 is 0 Å². The van der Waals surface area contributed by atoms with Gasteiger partial charge in [0.15, 0.2) is 17.3 Å². The highest BCUT2D eigenvalue weighted by Crippen LogP contribution is 2.30. The second kappa shape index (κ2) is 10.4. The van der Waals surface area contributed by atoms with Gasteiger partial charge in [0.05, 0.1) is 12.1 Å². The summed E-state index contributed by atoms with van der Waals surface area (Å²) in [4.78, 5) is 20.3. The third-order valence-corrected chi connectivity index (χ3v) is 5.47. The zero-order valence-corrected chi connectivity index (χ0v) is 21.4. The number of carboxylic acid groups (broad SMARTS) is 1. The van der Waals surface area contributed by atoms with Crippen molar-refractivity contribution < 1.29 is 24.4 Å². The number of pyridine rings is 1. The van der Waals surface area contributed by atoms with Crippen molar-refractivity contribution in [1.82, 2.24) is 30.2 Å². The number of nitrogen functional groups attached to an aromatic ring is 1. The van der Waals surface area contributed by atoms with Crippen molar-refractivity contribution in [2.75, 3.05) is 12.3 Å². The molecule has 0 aliphatic heterocycles. The van der Waals surface area contributed by atoms with E-state index in [1.54, 1.807) is 19.9 Å². The largest absolute Gasteiger partial charge is 0.478 e. The molecule has 5 N–H and O–H groups in total. The minimum absolute atomic E-state index is 0.108. The number of ether oxygens (including phenoxy) is 1. The Labute approximate surface area is 209 Å². The number of hydrogen-bond acceptors (Lipinski definition) is 9. The van der Waals surface area contributed by atoms with E-state index < -0.39 is 11.7 Å². The fourth-order valence-corrected chi connectivity index (χ4v) is 3.66. The first kappa shape index (κ1) is 26.7. The van der Waals surface area contributed by atoms with Gasteiger partial charge in [0, 0.05) is 18.7 Å². The molecular weight excluding hydrogens is 466 g/mol. The Morgan fingerprint density at radius 2 is 2.00 bits per heavy atom. The maximum Gasteiger partial charge on any atom is 0.404 e. The van der Waals surface area contributed by atoms with Crippen molar-refractivity contribution in [2.45, 2.75) is 72.6 Å². The number of carbonyl (C=O) groups is 1. The molecule has 0 aliphatic carbocycles. The number of nitrogens with two attached hydrogens (primary N) is 1. The number of hydrogen-bond donors (Lipinski definition) is 4. The Hall–Kier alpha value is -3.85. The minimum Gasteiger partial charge on any atom is -0.478 e.